The Morgan fingerprint density at radius 2 is 1.77 bits per heavy atom. The first-order valence-electron chi connectivity index (χ1n) is 9.65. The van der Waals surface area contributed by atoms with E-state index in [2.05, 4.69) is 29.0 Å². The molecule has 1 N–H and O–H groups in total. The minimum atomic E-state index is -3.35. The first-order chi connectivity index (χ1) is 14.9. The SMILES string of the molecule is COc1ccc2c(c1OC)CSc1ccccc1/C2=C/c1cccc(NS(C)(=O)=O)c1. The highest BCUT2D eigenvalue weighted by Crippen LogP contribution is 2.46. The average molecular weight is 454 g/mol. The number of hydrogen-bond donors (Lipinski definition) is 1. The van der Waals surface area contributed by atoms with Gasteiger partial charge in [-0.05, 0) is 52.6 Å². The lowest BCUT2D eigenvalue weighted by molar-refractivity contribution is 0.352. The van der Waals surface area contributed by atoms with Gasteiger partial charge in [0.1, 0.15) is 0 Å². The highest BCUT2D eigenvalue weighted by molar-refractivity contribution is 7.98. The molecule has 0 fully saturated rings. The summed E-state index contributed by atoms with van der Waals surface area (Å²) < 4.78 is 37.1. The van der Waals surface area contributed by atoms with Crippen LogP contribution in [0.2, 0.25) is 0 Å². The topological polar surface area (TPSA) is 64.6 Å². The zero-order chi connectivity index (χ0) is 22.0. The summed E-state index contributed by atoms with van der Waals surface area (Å²) in [5, 5.41) is 0. The molecule has 31 heavy (non-hydrogen) atoms. The fourth-order valence-corrected chi connectivity index (χ4v) is 5.37. The van der Waals surface area contributed by atoms with Gasteiger partial charge >= 0.3 is 0 Å². The van der Waals surface area contributed by atoms with Crippen LogP contribution in [0.25, 0.3) is 11.6 Å². The Morgan fingerprint density at radius 3 is 2.52 bits per heavy atom. The van der Waals surface area contributed by atoms with Crippen molar-refractivity contribution in [3.8, 4) is 11.5 Å². The molecule has 0 saturated heterocycles. The van der Waals surface area contributed by atoms with Crippen molar-refractivity contribution in [3.05, 3.63) is 82.9 Å². The molecule has 0 bridgehead atoms. The van der Waals surface area contributed by atoms with Gasteiger partial charge in [0.05, 0.1) is 20.5 Å². The number of nitrogens with one attached hydrogen (secondary N) is 1. The van der Waals surface area contributed by atoms with Gasteiger partial charge in [-0.15, -0.1) is 11.8 Å². The van der Waals surface area contributed by atoms with Crippen LogP contribution in [0.4, 0.5) is 5.69 Å². The summed E-state index contributed by atoms with van der Waals surface area (Å²) in [6, 6.07) is 19.6. The molecule has 4 rings (SSSR count). The maximum Gasteiger partial charge on any atom is 0.229 e. The van der Waals surface area contributed by atoms with E-state index in [-0.39, 0.29) is 0 Å². The van der Waals surface area contributed by atoms with E-state index in [1.165, 1.54) is 4.90 Å². The highest BCUT2D eigenvalue weighted by Gasteiger charge is 2.23. The molecule has 0 aliphatic carbocycles. The Hall–Kier alpha value is -2.90. The van der Waals surface area contributed by atoms with Crippen LogP contribution in [-0.2, 0) is 15.8 Å². The summed E-state index contributed by atoms with van der Waals surface area (Å²) >= 11 is 1.76. The molecule has 0 amide bonds. The van der Waals surface area contributed by atoms with Gasteiger partial charge in [-0.25, -0.2) is 8.42 Å². The van der Waals surface area contributed by atoms with Crippen molar-refractivity contribution in [2.24, 2.45) is 0 Å². The van der Waals surface area contributed by atoms with Crippen molar-refractivity contribution < 1.29 is 17.9 Å². The maximum absolute atomic E-state index is 11.7. The molecule has 0 spiro atoms. The Bertz CT molecular complexity index is 1270. The molecule has 0 unspecified atom stereocenters. The second kappa shape index (κ2) is 8.69. The Morgan fingerprint density at radius 1 is 0.968 bits per heavy atom. The van der Waals surface area contributed by atoms with Crippen molar-refractivity contribution >= 4 is 39.1 Å². The number of ether oxygens (including phenoxy) is 2. The van der Waals surface area contributed by atoms with Gasteiger partial charge in [0.15, 0.2) is 11.5 Å². The van der Waals surface area contributed by atoms with E-state index >= 15 is 0 Å². The maximum atomic E-state index is 11.7. The molecule has 7 heteroatoms. The van der Waals surface area contributed by atoms with E-state index in [4.69, 9.17) is 9.47 Å². The van der Waals surface area contributed by atoms with Crippen LogP contribution < -0.4 is 14.2 Å². The lowest BCUT2D eigenvalue weighted by atomic mass is 9.92. The van der Waals surface area contributed by atoms with Crippen LogP contribution in [0.3, 0.4) is 0 Å². The molecule has 3 aromatic rings. The minimum Gasteiger partial charge on any atom is -0.493 e. The molecule has 1 aliphatic rings. The number of hydrogen-bond acceptors (Lipinski definition) is 5. The van der Waals surface area contributed by atoms with E-state index in [0.717, 1.165) is 45.6 Å². The van der Waals surface area contributed by atoms with E-state index in [1.807, 2.05) is 36.4 Å². The average Bonchev–Trinajstić information content (AvgIpc) is 2.89. The molecule has 1 aliphatic heterocycles. The van der Waals surface area contributed by atoms with E-state index in [1.54, 1.807) is 32.0 Å². The third-order valence-electron chi connectivity index (χ3n) is 4.99. The number of sulfonamides is 1. The summed E-state index contributed by atoms with van der Waals surface area (Å²) in [5.74, 6) is 2.19. The van der Waals surface area contributed by atoms with Crippen molar-refractivity contribution in [3.63, 3.8) is 0 Å². The van der Waals surface area contributed by atoms with Gasteiger partial charge < -0.3 is 9.47 Å². The first kappa shape index (κ1) is 21.3. The van der Waals surface area contributed by atoms with E-state index in [9.17, 15) is 8.42 Å². The molecule has 0 aromatic heterocycles. The Balaban J connectivity index is 1.92. The predicted molar refractivity (Wildman–Crippen MR) is 127 cm³/mol. The zero-order valence-electron chi connectivity index (χ0n) is 17.5. The van der Waals surface area contributed by atoms with Gasteiger partial charge in [-0.3, -0.25) is 4.72 Å². The van der Waals surface area contributed by atoms with E-state index in [0.29, 0.717) is 11.4 Å². The second-order valence-corrected chi connectivity index (χ2v) is 9.94. The van der Waals surface area contributed by atoms with Crippen molar-refractivity contribution in [2.75, 3.05) is 25.2 Å². The molecule has 3 aromatic carbocycles. The van der Waals surface area contributed by atoms with Crippen molar-refractivity contribution in [2.45, 2.75) is 10.6 Å². The predicted octanol–water partition coefficient (Wildman–Crippen LogP) is 5.27. The molecule has 160 valence electrons. The lowest BCUT2D eigenvalue weighted by Gasteiger charge is -2.17. The number of methoxy groups -OCH3 is 2. The summed E-state index contributed by atoms with van der Waals surface area (Å²) in [6.07, 6.45) is 3.23. The summed E-state index contributed by atoms with van der Waals surface area (Å²) in [5.41, 5.74) is 5.73. The number of anilines is 1. The molecule has 5 nitrogen and oxygen atoms in total. The summed E-state index contributed by atoms with van der Waals surface area (Å²) in [6.45, 7) is 0. The third kappa shape index (κ3) is 4.57. The van der Waals surface area contributed by atoms with Gasteiger partial charge in [0.2, 0.25) is 10.0 Å². The highest BCUT2D eigenvalue weighted by atomic mass is 32.2. The lowest BCUT2D eigenvalue weighted by Crippen LogP contribution is -2.09. The largest absolute Gasteiger partial charge is 0.493 e. The van der Waals surface area contributed by atoms with Gasteiger partial charge in [-0.1, -0.05) is 36.4 Å². The van der Waals surface area contributed by atoms with Crippen LogP contribution in [0.5, 0.6) is 11.5 Å². The van der Waals surface area contributed by atoms with Crippen LogP contribution in [0.1, 0.15) is 22.3 Å². The second-order valence-electron chi connectivity index (χ2n) is 7.17. The summed E-state index contributed by atoms with van der Waals surface area (Å²) in [7, 11) is -0.0553. The monoisotopic (exact) mass is 453 g/mol. The standard InChI is InChI=1S/C24H23NO4S2/c1-28-22-12-11-18-20(14-16-7-6-8-17(13-16)25-31(3,26)27)19-9-4-5-10-23(19)30-15-21(18)24(22)29-2/h4-14,25H,15H2,1-3H3/b20-14+. The van der Waals surface area contributed by atoms with Gasteiger partial charge in [-0.2, -0.15) is 0 Å². The first-order valence-corrected chi connectivity index (χ1v) is 12.5. The number of thioether (sulfide) groups is 1. The van der Waals surface area contributed by atoms with Gasteiger partial charge in [0.25, 0.3) is 0 Å². The minimum absolute atomic E-state index is 0.528. The molecule has 0 radical (unpaired) electrons. The zero-order valence-corrected chi connectivity index (χ0v) is 19.1. The Labute approximate surface area is 187 Å². The van der Waals surface area contributed by atoms with Gasteiger partial charge in [0, 0.05) is 21.9 Å². The number of benzene rings is 3. The quantitative estimate of drug-likeness (QED) is 0.570. The fourth-order valence-electron chi connectivity index (χ4n) is 3.72. The fraction of sp³-hybridized carbons (Fsp3) is 0.167. The van der Waals surface area contributed by atoms with Crippen LogP contribution in [-0.4, -0.2) is 28.9 Å². The Kier molecular flexibility index (Phi) is 5.98. The summed E-state index contributed by atoms with van der Waals surface area (Å²) in [4.78, 5) is 1.18. The molecule has 0 saturated carbocycles. The third-order valence-corrected chi connectivity index (χ3v) is 6.70. The molecule has 0 atom stereocenters. The molecular formula is C24H23NO4S2. The normalized spacial score (nSPS) is 14.4. The molecular weight excluding hydrogens is 430 g/mol. The number of fused-ring (bicyclic) bond motifs is 2. The van der Waals surface area contributed by atoms with E-state index < -0.39 is 10.0 Å². The van der Waals surface area contributed by atoms with Crippen LogP contribution >= 0.6 is 11.8 Å². The van der Waals surface area contributed by atoms with Crippen LogP contribution in [0, 0.1) is 0 Å². The van der Waals surface area contributed by atoms with Crippen LogP contribution in [0.15, 0.2) is 65.6 Å². The van der Waals surface area contributed by atoms with Crippen molar-refractivity contribution in [1.29, 1.82) is 0 Å². The molecule has 1 heterocycles. The number of rotatable bonds is 5. The smallest absolute Gasteiger partial charge is 0.229 e. The van der Waals surface area contributed by atoms with Crippen molar-refractivity contribution in [1.82, 2.24) is 0 Å².